The normalized spacial score (nSPS) is 19.6. The van der Waals surface area contributed by atoms with Gasteiger partial charge >= 0.3 is 0 Å². The third-order valence-corrected chi connectivity index (χ3v) is 7.61. The Kier molecular flexibility index (Phi) is 6.72. The first-order valence-electron chi connectivity index (χ1n) is 11.9. The molecular formula is C27H27N3O4S2. The Morgan fingerprint density at radius 3 is 2.67 bits per heavy atom. The van der Waals surface area contributed by atoms with E-state index in [-0.39, 0.29) is 34.4 Å². The largest absolute Gasteiger partial charge is 0.438 e. The van der Waals surface area contributed by atoms with Gasteiger partial charge in [-0.15, -0.1) is 0 Å². The van der Waals surface area contributed by atoms with Crippen LogP contribution in [0.25, 0.3) is 11.7 Å². The van der Waals surface area contributed by atoms with Gasteiger partial charge in [-0.2, -0.15) is 4.98 Å². The summed E-state index contributed by atoms with van der Waals surface area (Å²) in [6.45, 7) is 7.54. The number of thioether (sulfide) groups is 1. The molecule has 4 heterocycles. The van der Waals surface area contributed by atoms with Crippen molar-refractivity contribution >= 4 is 45.9 Å². The van der Waals surface area contributed by atoms with E-state index < -0.39 is 0 Å². The molecule has 0 N–H and O–H groups in total. The maximum absolute atomic E-state index is 13.5. The van der Waals surface area contributed by atoms with Crippen molar-refractivity contribution in [2.24, 2.45) is 0 Å². The van der Waals surface area contributed by atoms with E-state index in [0.717, 1.165) is 18.4 Å². The van der Waals surface area contributed by atoms with Crippen molar-refractivity contribution in [2.45, 2.75) is 45.1 Å². The lowest BCUT2D eigenvalue weighted by molar-refractivity contribution is -0.123. The fourth-order valence-corrected chi connectivity index (χ4v) is 5.46. The Morgan fingerprint density at radius 2 is 1.97 bits per heavy atom. The van der Waals surface area contributed by atoms with Crippen LogP contribution < -0.4 is 10.3 Å². The van der Waals surface area contributed by atoms with Crippen LogP contribution in [0, 0.1) is 0 Å². The highest BCUT2D eigenvalue weighted by molar-refractivity contribution is 8.26. The number of nitrogens with zero attached hydrogens (tertiary/aromatic N) is 3. The van der Waals surface area contributed by atoms with Crippen LogP contribution >= 0.6 is 24.0 Å². The van der Waals surface area contributed by atoms with E-state index >= 15 is 0 Å². The van der Waals surface area contributed by atoms with Crippen molar-refractivity contribution in [1.29, 1.82) is 0 Å². The molecular weight excluding hydrogens is 494 g/mol. The van der Waals surface area contributed by atoms with Crippen LogP contribution in [0.2, 0.25) is 0 Å². The molecule has 2 aliphatic rings. The number of carbonyl (C=O) groups excluding carboxylic acids is 1. The summed E-state index contributed by atoms with van der Waals surface area (Å²) < 4.78 is 13.7. The Hall–Kier alpha value is -3.01. The molecule has 0 saturated carbocycles. The average molecular weight is 522 g/mol. The Morgan fingerprint density at radius 1 is 1.19 bits per heavy atom. The molecule has 3 aromatic rings. The zero-order chi connectivity index (χ0) is 25.4. The summed E-state index contributed by atoms with van der Waals surface area (Å²) in [6.07, 6.45) is 5.05. The molecule has 2 saturated heterocycles. The van der Waals surface area contributed by atoms with Crippen molar-refractivity contribution in [3.05, 3.63) is 75.0 Å². The van der Waals surface area contributed by atoms with E-state index in [1.807, 2.05) is 24.3 Å². The van der Waals surface area contributed by atoms with Crippen molar-refractivity contribution < 1.29 is 14.3 Å². The van der Waals surface area contributed by atoms with Crippen LogP contribution in [0.1, 0.15) is 44.7 Å². The van der Waals surface area contributed by atoms with Crippen LogP contribution in [0.5, 0.6) is 11.6 Å². The Balaban J connectivity index is 1.52. The lowest BCUT2D eigenvalue weighted by Crippen LogP contribution is -2.35. The van der Waals surface area contributed by atoms with Crippen LogP contribution in [0.15, 0.2) is 58.4 Å². The summed E-state index contributed by atoms with van der Waals surface area (Å²) in [5.74, 6) is 0.452. The fourth-order valence-electron chi connectivity index (χ4n) is 4.20. The Labute approximate surface area is 219 Å². The number of rotatable bonds is 5. The molecule has 0 radical (unpaired) electrons. The number of pyridine rings is 1. The van der Waals surface area contributed by atoms with Gasteiger partial charge in [0.25, 0.3) is 11.5 Å². The Bertz CT molecular complexity index is 1420. The van der Waals surface area contributed by atoms with Crippen LogP contribution in [-0.4, -0.2) is 43.8 Å². The smallest absolute Gasteiger partial charge is 0.269 e. The summed E-state index contributed by atoms with van der Waals surface area (Å²) in [5.41, 5.74) is 1.48. The van der Waals surface area contributed by atoms with Gasteiger partial charge in [-0.25, -0.2) is 0 Å². The first-order valence-corrected chi connectivity index (χ1v) is 13.1. The highest BCUT2D eigenvalue weighted by atomic mass is 32.2. The zero-order valence-corrected chi connectivity index (χ0v) is 22.0. The fraction of sp³-hybridized carbons (Fsp3) is 0.333. The molecule has 0 aliphatic carbocycles. The van der Waals surface area contributed by atoms with Gasteiger partial charge in [-0.1, -0.05) is 63.0 Å². The molecule has 1 aromatic carbocycles. The van der Waals surface area contributed by atoms with E-state index in [1.54, 1.807) is 35.4 Å². The zero-order valence-electron chi connectivity index (χ0n) is 20.4. The molecule has 0 unspecified atom stereocenters. The maximum Gasteiger partial charge on any atom is 0.269 e. The molecule has 36 heavy (non-hydrogen) atoms. The van der Waals surface area contributed by atoms with E-state index in [0.29, 0.717) is 33.8 Å². The molecule has 9 heteroatoms. The lowest BCUT2D eigenvalue weighted by Gasteiger charge is -2.19. The maximum atomic E-state index is 13.5. The summed E-state index contributed by atoms with van der Waals surface area (Å²) in [6, 6.07) is 13.0. The van der Waals surface area contributed by atoms with Gasteiger partial charge in [-0.3, -0.25) is 18.9 Å². The van der Waals surface area contributed by atoms with E-state index in [1.165, 1.54) is 16.2 Å². The number of benzene rings is 1. The summed E-state index contributed by atoms with van der Waals surface area (Å²) in [4.78, 5) is 33.2. The predicted octanol–water partition coefficient (Wildman–Crippen LogP) is 5.16. The minimum absolute atomic E-state index is 0.00201. The molecule has 2 aromatic heterocycles. The molecule has 1 amide bonds. The number of ether oxygens (including phenoxy) is 2. The van der Waals surface area contributed by atoms with Gasteiger partial charge in [-0.05, 0) is 54.2 Å². The second-order valence-electron chi connectivity index (χ2n) is 9.87. The molecule has 0 bridgehead atoms. The van der Waals surface area contributed by atoms with Crippen LogP contribution in [0.3, 0.4) is 0 Å². The number of carbonyl (C=O) groups is 1. The molecule has 0 spiro atoms. The lowest BCUT2D eigenvalue weighted by atomic mass is 9.87. The quantitative estimate of drug-likeness (QED) is 0.339. The number of aromatic nitrogens is 2. The predicted molar refractivity (Wildman–Crippen MR) is 146 cm³/mol. The van der Waals surface area contributed by atoms with Gasteiger partial charge in [0.05, 0.1) is 17.6 Å². The van der Waals surface area contributed by atoms with E-state index in [4.69, 9.17) is 21.7 Å². The number of hydrogen-bond donors (Lipinski definition) is 0. The average Bonchev–Trinajstić information content (AvgIpc) is 3.45. The monoisotopic (exact) mass is 521 g/mol. The molecule has 2 fully saturated rings. The van der Waals surface area contributed by atoms with Gasteiger partial charge in [0.1, 0.15) is 21.3 Å². The second-order valence-corrected chi connectivity index (χ2v) is 11.5. The van der Waals surface area contributed by atoms with Gasteiger partial charge in [0.2, 0.25) is 5.88 Å². The number of amides is 1. The molecule has 1 atom stereocenters. The van der Waals surface area contributed by atoms with Gasteiger partial charge in [0.15, 0.2) is 0 Å². The van der Waals surface area contributed by atoms with Gasteiger partial charge < -0.3 is 9.47 Å². The minimum Gasteiger partial charge on any atom is -0.438 e. The SMILES string of the molecule is CC(C)(C)c1ccc(Oc2nc3ccccn3c(=O)c2/C=C2\SC(=S)N(C[C@@H]3CCCO3)C2=O)cc1. The topological polar surface area (TPSA) is 73.1 Å². The highest BCUT2D eigenvalue weighted by Gasteiger charge is 2.35. The standard InChI is InChI=1S/C27H27N3O4S2/c1-27(2,3)17-9-11-18(12-10-17)34-23-20(24(31)29-13-5-4-8-22(29)28-23)15-21-25(32)30(26(35)36-21)16-19-7-6-14-33-19/h4-5,8-13,15,19H,6-7,14,16H2,1-3H3/b21-15-/t19-/m0/s1. The number of thiocarbonyl (C=S) groups is 1. The molecule has 186 valence electrons. The third kappa shape index (κ3) is 4.96. The van der Waals surface area contributed by atoms with Crippen LogP contribution in [0.4, 0.5) is 0 Å². The number of fused-ring (bicyclic) bond motifs is 1. The van der Waals surface area contributed by atoms with Crippen molar-refractivity contribution in [3.63, 3.8) is 0 Å². The minimum atomic E-state index is -0.327. The van der Waals surface area contributed by atoms with E-state index in [9.17, 15) is 9.59 Å². The summed E-state index contributed by atoms with van der Waals surface area (Å²) in [7, 11) is 0. The first kappa shape index (κ1) is 24.7. The second kappa shape index (κ2) is 9.80. The number of hydrogen-bond acceptors (Lipinski definition) is 7. The molecule has 5 rings (SSSR count). The summed E-state index contributed by atoms with van der Waals surface area (Å²) in [5, 5.41) is 0. The molecule has 2 aliphatic heterocycles. The summed E-state index contributed by atoms with van der Waals surface area (Å²) >= 11 is 6.65. The van der Waals surface area contributed by atoms with Gasteiger partial charge in [0, 0.05) is 12.8 Å². The highest BCUT2D eigenvalue weighted by Crippen LogP contribution is 2.35. The first-order chi connectivity index (χ1) is 17.2. The van der Waals surface area contributed by atoms with E-state index in [2.05, 4.69) is 25.8 Å². The van der Waals surface area contributed by atoms with Crippen molar-refractivity contribution in [2.75, 3.05) is 13.2 Å². The van der Waals surface area contributed by atoms with Crippen molar-refractivity contribution in [1.82, 2.24) is 14.3 Å². The molecule has 7 nitrogen and oxygen atoms in total. The third-order valence-electron chi connectivity index (χ3n) is 6.23. The van der Waals surface area contributed by atoms with Crippen molar-refractivity contribution in [3.8, 4) is 11.6 Å². The van der Waals surface area contributed by atoms with Crippen LogP contribution in [-0.2, 0) is 14.9 Å².